The molecule has 0 radical (unpaired) electrons. The van der Waals surface area contributed by atoms with Crippen molar-refractivity contribution in [3.05, 3.63) is 52.5 Å². The molecule has 0 aliphatic heterocycles. The fourth-order valence-electron chi connectivity index (χ4n) is 2.54. The van der Waals surface area contributed by atoms with Crippen molar-refractivity contribution < 1.29 is 13.7 Å². The van der Waals surface area contributed by atoms with Gasteiger partial charge in [0.2, 0.25) is 0 Å². The first-order valence-corrected chi connectivity index (χ1v) is 10.5. The molecule has 1 heterocycles. The van der Waals surface area contributed by atoms with Gasteiger partial charge in [0.1, 0.15) is 18.1 Å². The highest BCUT2D eigenvalue weighted by Crippen LogP contribution is 2.31. The Morgan fingerprint density at radius 2 is 2.07 bits per heavy atom. The number of nitrogens with zero attached hydrogens (tertiary/aromatic N) is 2. The number of hydrogen-bond acceptors (Lipinski definition) is 5. The Balaban J connectivity index is 1.89. The molecule has 0 saturated heterocycles. The number of halogens is 2. The molecule has 1 aromatic heterocycles. The molecule has 1 unspecified atom stereocenters. The monoisotopic (exact) mass is 430 g/mol. The topological polar surface area (TPSA) is 53.4 Å². The molecule has 2 rings (SSSR count). The standard InChI is InChI=1S/C19H24Cl2N2O3S/c1-2-3-4-5-6-11-25-27-19(24)26-18(13-23-10-9-22-14-23)16-8-7-15(20)12-17(16)21/h7-10,12,14,18H,2-6,11,13H2,1H3. The van der Waals surface area contributed by atoms with E-state index in [-0.39, 0.29) is 0 Å². The molecule has 1 atom stereocenters. The molecule has 0 aliphatic carbocycles. The van der Waals surface area contributed by atoms with Gasteiger partial charge in [-0.1, -0.05) is 61.9 Å². The lowest BCUT2D eigenvalue weighted by molar-refractivity contribution is 0.109. The van der Waals surface area contributed by atoms with E-state index in [1.165, 1.54) is 19.3 Å². The van der Waals surface area contributed by atoms with Gasteiger partial charge in [0.15, 0.2) is 0 Å². The summed E-state index contributed by atoms with van der Waals surface area (Å²) in [5.74, 6) is 0. The van der Waals surface area contributed by atoms with Crippen LogP contribution in [0.15, 0.2) is 36.9 Å². The summed E-state index contributed by atoms with van der Waals surface area (Å²) in [6, 6.07) is 5.11. The van der Waals surface area contributed by atoms with Gasteiger partial charge in [0.25, 0.3) is 0 Å². The highest BCUT2D eigenvalue weighted by Gasteiger charge is 2.21. The molecule has 0 bridgehead atoms. The summed E-state index contributed by atoms with van der Waals surface area (Å²) >= 11 is 13.0. The Morgan fingerprint density at radius 3 is 2.78 bits per heavy atom. The number of ether oxygens (including phenoxy) is 1. The molecule has 148 valence electrons. The van der Waals surface area contributed by atoms with Gasteiger partial charge in [-0.3, -0.25) is 0 Å². The van der Waals surface area contributed by atoms with E-state index < -0.39 is 11.4 Å². The highest BCUT2D eigenvalue weighted by molar-refractivity contribution is 8.09. The van der Waals surface area contributed by atoms with Crippen molar-refractivity contribution in [1.82, 2.24) is 9.55 Å². The van der Waals surface area contributed by atoms with Crippen molar-refractivity contribution in [1.29, 1.82) is 0 Å². The molecule has 0 spiro atoms. The lowest BCUT2D eigenvalue weighted by atomic mass is 10.1. The molecule has 0 fully saturated rings. The van der Waals surface area contributed by atoms with Crippen LogP contribution in [0, 0.1) is 0 Å². The Labute approximate surface area is 174 Å². The summed E-state index contributed by atoms with van der Waals surface area (Å²) < 4.78 is 12.8. The third-order valence-corrected chi connectivity index (χ3v) is 5.02. The predicted octanol–water partition coefficient (Wildman–Crippen LogP) is 6.70. The van der Waals surface area contributed by atoms with Crippen molar-refractivity contribution in [2.75, 3.05) is 6.61 Å². The molecule has 8 heteroatoms. The minimum absolute atomic E-state index is 0.394. The maximum Gasteiger partial charge on any atom is 0.395 e. The van der Waals surface area contributed by atoms with Crippen LogP contribution >= 0.6 is 35.2 Å². The number of carbonyl (C=O) groups is 1. The van der Waals surface area contributed by atoms with Gasteiger partial charge in [0.05, 0.1) is 19.5 Å². The van der Waals surface area contributed by atoms with Crippen LogP contribution in [0.25, 0.3) is 0 Å². The molecule has 1 aromatic carbocycles. The first-order chi connectivity index (χ1) is 13.1. The number of rotatable bonds is 11. The molecule has 5 nitrogen and oxygen atoms in total. The number of hydrogen-bond donors (Lipinski definition) is 0. The van der Waals surface area contributed by atoms with Crippen molar-refractivity contribution in [3.8, 4) is 0 Å². The molecular weight excluding hydrogens is 407 g/mol. The van der Waals surface area contributed by atoms with Gasteiger partial charge >= 0.3 is 5.30 Å². The minimum atomic E-state index is -0.572. The van der Waals surface area contributed by atoms with Gasteiger partial charge in [-0.2, -0.15) is 0 Å². The third kappa shape index (κ3) is 8.13. The molecule has 0 saturated carbocycles. The van der Waals surface area contributed by atoms with Crippen LogP contribution in [0.1, 0.15) is 50.7 Å². The Morgan fingerprint density at radius 1 is 1.26 bits per heavy atom. The van der Waals surface area contributed by atoms with E-state index in [9.17, 15) is 4.79 Å². The second-order valence-corrected chi connectivity index (χ2v) is 7.68. The number of benzene rings is 1. The van der Waals surface area contributed by atoms with E-state index in [1.54, 1.807) is 36.9 Å². The van der Waals surface area contributed by atoms with Gasteiger partial charge in [0, 0.05) is 28.0 Å². The van der Waals surface area contributed by atoms with Crippen LogP contribution in [0.2, 0.25) is 10.0 Å². The minimum Gasteiger partial charge on any atom is -0.446 e. The van der Waals surface area contributed by atoms with E-state index in [0.29, 0.717) is 28.8 Å². The first-order valence-electron chi connectivity index (χ1n) is 9.01. The maximum absolute atomic E-state index is 12.2. The molecule has 0 aliphatic rings. The zero-order valence-corrected chi connectivity index (χ0v) is 17.6. The number of imidazole rings is 1. The Bertz CT molecular complexity index is 698. The van der Waals surface area contributed by atoms with Crippen LogP contribution < -0.4 is 0 Å². The summed E-state index contributed by atoms with van der Waals surface area (Å²) in [5, 5.41) is 0.471. The van der Waals surface area contributed by atoms with Crippen LogP contribution in [0.3, 0.4) is 0 Å². The van der Waals surface area contributed by atoms with Crippen molar-refractivity contribution in [3.63, 3.8) is 0 Å². The fraction of sp³-hybridized carbons (Fsp3) is 0.474. The average molecular weight is 431 g/mol. The summed E-state index contributed by atoms with van der Waals surface area (Å²) in [5.41, 5.74) is 0.684. The maximum atomic E-state index is 12.2. The zero-order valence-electron chi connectivity index (χ0n) is 15.3. The molecule has 2 aromatic rings. The van der Waals surface area contributed by atoms with Crippen LogP contribution in [0.4, 0.5) is 4.79 Å². The average Bonchev–Trinajstić information content (AvgIpc) is 3.13. The summed E-state index contributed by atoms with van der Waals surface area (Å²) in [6.07, 6.45) is 10.2. The predicted molar refractivity (Wildman–Crippen MR) is 110 cm³/mol. The van der Waals surface area contributed by atoms with Gasteiger partial charge in [-0.05, 0) is 18.6 Å². The lowest BCUT2D eigenvalue weighted by Crippen LogP contribution is -2.15. The van der Waals surface area contributed by atoms with E-state index in [4.69, 9.17) is 32.1 Å². The molecular formula is C19H24Cl2N2O3S. The molecule has 0 N–H and O–H groups in total. The van der Waals surface area contributed by atoms with Crippen LogP contribution in [-0.4, -0.2) is 21.5 Å². The summed E-state index contributed by atoms with van der Waals surface area (Å²) in [4.78, 5) is 16.2. The fourth-order valence-corrected chi connectivity index (χ4v) is 3.52. The van der Waals surface area contributed by atoms with Crippen molar-refractivity contribution in [2.24, 2.45) is 0 Å². The summed E-state index contributed by atoms with van der Waals surface area (Å²) in [6.45, 7) is 3.09. The summed E-state index contributed by atoms with van der Waals surface area (Å²) in [7, 11) is 0. The van der Waals surface area contributed by atoms with E-state index in [2.05, 4.69) is 11.9 Å². The quantitative estimate of drug-likeness (QED) is 0.225. The van der Waals surface area contributed by atoms with Crippen LogP contribution in [0.5, 0.6) is 0 Å². The number of carbonyl (C=O) groups excluding carboxylic acids is 1. The van der Waals surface area contributed by atoms with E-state index in [0.717, 1.165) is 24.9 Å². The van der Waals surface area contributed by atoms with Gasteiger partial charge in [-0.25, -0.2) is 9.78 Å². The van der Waals surface area contributed by atoms with Crippen LogP contribution in [-0.2, 0) is 15.5 Å². The normalized spacial score (nSPS) is 12.1. The largest absolute Gasteiger partial charge is 0.446 e. The second kappa shape index (κ2) is 12.3. The highest BCUT2D eigenvalue weighted by atomic mass is 35.5. The number of aromatic nitrogens is 2. The smallest absolute Gasteiger partial charge is 0.395 e. The Kier molecular flexibility index (Phi) is 10.1. The van der Waals surface area contributed by atoms with E-state index >= 15 is 0 Å². The van der Waals surface area contributed by atoms with Gasteiger partial charge < -0.3 is 13.5 Å². The van der Waals surface area contributed by atoms with E-state index in [1.807, 2.05) is 4.57 Å². The SMILES string of the molecule is CCCCCCCOSC(=O)OC(Cn1ccnc1)c1ccc(Cl)cc1Cl. The first kappa shape index (κ1) is 22.1. The second-order valence-electron chi connectivity index (χ2n) is 6.10. The van der Waals surface area contributed by atoms with Crippen molar-refractivity contribution >= 4 is 40.5 Å². The van der Waals surface area contributed by atoms with Crippen molar-refractivity contribution in [2.45, 2.75) is 51.7 Å². The third-order valence-electron chi connectivity index (χ3n) is 3.94. The molecule has 0 amide bonds. The number of unbranched alkanes of at least 4 members (excludes halogenated alkanes) is 4. The Hall–Kier alpha value is -1.21. The zero-order chi connectivity index (χ0) is 19.5. The van der Waals surface area contributed by atoms with Gasteiger partial charge in [-0.15, -0.1) is 0 Å². The molecule has 27 heavy (non-hydrogen) atoms. The lowest BCUT2D eigenvalue weighted by Gasteiger charge is -2.19.